The molecule has 3 nitrogen and oxygen atoms in total. The van der Waals surface area contributed by atoms with Crippen molar-refractivity contribution in [3.8, 4) is 6.07 Å². The zero-order valence-electron chi connectivity index (χ0n) is 11.2. The van der Waals surface area contributed by atoms with Gasteiger partial charge in [0.05, 0.1) is 24.2 Å². The predicted octanol–water partition coefficient (Wildman–Crippen LogP) is 2.72. The lowest BCUT2D eigenvalue weighted by Gasteiger charge is -2.30. The third-order valence-electron chi connectivity index (χ3n) is 4.30. The fraction of sp³-hybridized carbons (Fsp3) is 0.500. The number of carbonyl (C=O) groups excluding carboxylic acids is 1. The second-order valence-electron chi connectivity index (χ2n) is 5.54. The predicted molar refractivity (Wildman–Crippen MR) is 73.0 cm³/mol. The molecule has 0 fully saturated rings. The molecule has 0 aromatic heterocycles. The summed E-state index contributed by atoms with van der Waals surface area (Å²) in [6, 6.07) is 2.45. The molecule has 0 amide bonds. The maximum atomic E-state index is 12.2. The maximum Gasteiger partial charge on any atom is 0.178 e. The Morgan fingerprint density at radius 3 is 3.11 bits per heavy atom. The Hall–Kier alpha value is -1.82. The largest absolute Gasteiger partial charge is 0.360 e. The van der Waals surface area contributed by atoms with Gasteiger partial charge >= 0.3 is 0 Å². The van der Waals surface area contributed by atoms with Crippen LogP contribution in [-0.2, 0) is 4.79 Å². The van der Waals surface area contributed by atoms with E-state index in [9.17, 15) is 4.79 Å². The summed E-state index contributed by atoms with van der Waals surface area (Å²) in [6.07, 6.45) is 9.75. The third kappa shape index (κ3) is 1.92. The first-order valence-corrected chi connectivity index (χ1v) is 6.99. The van der Waals surface area contributed by atoms with Crippen molar-refractivity contribution in [1.82, 2.24) is 4.90 Å². The van der Waals surface area contributed by atoms with Crippen LogP contribution < -0.4 is 0 Å². The zero-order chi connectivity index (χ0) is 13.4. The van der Waals surface area contributed by atoms with E-state index >= 15 is 0 Å². The van der Waals surface area contributed by atoms with Gasteiger partial charge in [0.1, 0.15) is 0 Å². The van der Waals surface area contributed by atoms with Crippen LogP contribution in [0.1, 0.15) is 32.6 Å². The number of ketones is 1. The number of nitriles is 1. The van der Waals surface area contributed by atoms with Gasteiger partial charge in [-0.25, -0.2) is 0 Å². The van der Waals surface area contributed by atoms with E-state index in [0.717, 1.165) is 18.5 Å². The first-order valence-electron chi connectivity index (χ1n) is 6.99. The summed E-state index contributed by atoms with van der Waals surface area (Å²) in [5, 5.41) is 8.82. The van der Waals surface area contributed by atoms with Gasteiger partial charge in [-0.2, -0.15) is 5.26 Å². The van der Waals surface area contributed by atoms with Crippen molar-refractivity contribution < 1.29 is 4.79 Å². The van der Waals surface area contributed by atoms with Crippen LogP contribution in [0.15, 0.2) is 35.1 Å². The molecule has 3 rings (SSSR count). The summed E-state index contributed by atoms with van der Waals surface area (Å²) in [5.41, 5.74) is 3.50. The summed E-state index contributed by atoms with van der Waals surface area (Å²) in [7, 11) is 0. The highest BCUT2D eigenvalue weighted by molar-refractivity contribution is 5.97. The van der Waals surface area contributed by atoms with Crippen molar-refractivity contribution >= 4 is 5.78 Å². The van der Waals surface area contributed by atoms with Gasteiger partial charge in [-0.05, 0) is 25.3 Å². The molecule has 0 radical (unpaired) electrons. The second kappa shape index (κ2) is 4.70. The smallest absolute Gasteiger partial charge is 0.178 e. The number of hydrogen-bond acceptors (Lipinski definition) is 3. The van der Waals surface area contributed by atoms with Gasteiger partial charge in [-0.15, -0.1) is 0 Å². The van der Waals surface area contributed by atoms with Crippen molar-refractivity contribution in [3.63, 3.8) is 0 Å². The number of rotatable bonds is 2. The number of carbonyl (C=O) groups is 1. The number of allylic oxidation sites excluding steroid dienone is 3. The first-order chi connectivity index (χ1) is 9.22. The molecule has 98 valence electrons. The first kappa shape index (κ1) is 12.2. The van der Waals surface area contributed by atoms with Gasteiger partial charge < -0.3 is 4.90 Å². The number of hydrogen-bond donors (Lipinski definition) is 0. The Bertz CT molecular complexity index is 548. The quantitative estimate of drug-likeness (QED) is 0.761. The number of Topliss-reactive ketones (excluding diaryl/α,β-unsaturated/α-hetero) is 1. The number of fused-ring (bicyclic) bond motifs is 2. The number of nitrogens with zero attached hydrogens (tertiary/aromatic N) is 2. The summed E-state index contributed by atoms with van der Waals surface area (Å²) in [6.45, 7) is 2.77. The molecule has 2 atom stereocenters. The molecule has 0 aromatic carbocycles. The second-order valence-corrected chi connectivity index (χ2v) is 5.54. The van der Waals surface area contributed by atoms with Crippen LogP contribution in [0.4, 0.5) is 0 Å². The average Bonchev–Trinajstić information content (AvgIpc) is 2.71. The van der Waals surface area contributed by atoms with Crippen molar-refractivity contribution in [2.24, 2.45) is 5.92 Å². The molecule has 0 bridgehead atoms. The molecule has 1 heterocycles. The van der Waals surface area contributed by atoms with E-state index in [-0.39, 0.29) is 11.8 Å². The lowest BCUT2D eigenvalue weighted by Crippen LogP contribution is -2.35. The SMILES string of the molecule is CC1=CC2C3=C(C(=O)CCC3)N(CCC#N)C2C=C1. The highest BCUT2D eigenvalue weighted by Gasteiger charge is 2.42. The molecule has 3 aliphatic rings. The minimum Gasteiger partial charge on any atom is -0.360 e. The lowest BCUT2D eigenvalue weighted by molar-refractivity contribution is -0.117. The van der Waals surface area contributed by atoms with Crippen molar-refractivity contribution in [1.29, 1.82) is 5.26 Å². The summed E-state index contributed by atoms with van der Waals surface area (Å²) < 4.78 is 0. The highest BCUT2D eigenvalue weighted by atomic mass is 16.1. The monoisotopic (exact) mass is 254 g/mol. The Morgan fingerprint density at radius 1 is 1.47 bits per heavy atom. The van der Waals surface area contributed by atoms with E-state index < -0.39 is 0 Å². The Balaban J connectivity index is 2.00. The molecule has 0 aromatic rings. The van der Waals surface area contributed by atoms with Crippen molar-refractivity contribution in [2.75, 3.05) is 6.54 Å². The van der Waals surface area contributed by atoms with Gasteiger partial charge in [-0.3, -0.25) is 4.79 Å². The molecule has 0 N–H and O–H groups in total. The third-order valence-corrected chi connectivity index (χ3v) is 4.30. The molecular formula is C16H18N2O. The van der Waals surface area contributed by atoms with Gasteiger partial charge in [-0.1, -0.05) is 23.8 Å². The van der Waals surface area contributed by atoms with Crippen LogP contribution in [0.5, 0.6) is 0 Å². The van der Waals surface area contributed by atoms with E-state index in [0.29, 0.717) is 25.3 Å². The lowest BCUT2D eigenvalue weighted by atomic mass is 9.83. The summed E-state index contributed by atoms with van der Waals surface area (Å²) >= 11 is 0. The normalized spacial score (nSPS) is 28.9. The van der Waals surface area contributed by atoms with Crippen LogP contribution in [0.3, 0.4) is 0 Å². The molecule has 0 spiro atoms. The van der Waals surface area contributed by atoms with Crippen molar-refractivity contribution in [3.05, 3.63) is 35.1 Å². The fourth-order valence-electron chi connectivity index (χ4n) is 3.52. The van der Waals surface area contributed by atoms with Gasteiger partial charge in [0, 0.05) is 18.9 Å². The van der Waals surface area contributed by atoms with E-state index in [2.05, 4.69) is 36.1 Å². The fourth-order valence-corrected chi connectivity index (χ4v) is 3.52. The Morgan fingerprint density at radius 2 is 2.32 bits per heavy atom. The Kier molecular flexibility index (Phi) is 3.02. The van der Waals surface area contributed by atoms with Crippen LogP contribution in [-0.4, -0.2) is 23.3 Å². The molecule has 2 aliphatic carbocycles. The summed E-state index contributed by atoms with van der Waals surface area (Å²) in [5.74, 6) is 0.621. The average molecular weight is 254 g/mol. The minimum absolute atomic E-state index is 0.254. The van der Waals surface area contributed by atoms with E-state index in [1.807, 2.05) is 0 Å². The zero-order valence-corrected chi connectivity index (χ0v) is 11.2. The minimum atomic E-state index is 0.254. The molecule has 0 saturated heterocycles. The maximum absolute atomic E-state index is 12.2. The van der Waals surface area contributed by atoms with Gasteiger partial charge in [0.2, 0.25) is 0 Å². The molecular weight excluding hydrogens is 236 g/mol. The molecule has 3 heteroatoms. The van der Waals surface area contributed by atoms with Crippen molar-refractivity contribution in [2.45, 2.75) is 38.6 Å². The van der Waals surface area contributed by atoms with Crippen LogP contribution in [0, 0.1) is 17.2 Å². The van der Waals surface area contributed by atoms with E-state index in [1.54, 1.807) is 0 Å². The highest BCUT2D eigenvalue weighted by Crippen LogP contribution is 2.43. The topological polar surface area (TPSA) is 44.1 Å². The van der Waals surface area contributed by atoms with Crippen LogP contribution in [0.25, 0.3) is 0 Å². The van der Waals surface area contributed by atoms with Crippen LogP contribution in [0.2, 0.25) is 0 Å². The molecule has 2 unspecified atom stereocenters. The standard InChI is InChI=1S/C16H18N2O/c1-11-6-7-14-13(10-11)12-4-2-5-15(19)16(12)18(14)9-3-8-17/h6-7,10,13-14H,2-5,9H2,1H3. The van der Waals surface area contributed by atoms with E-state index in [4.69, 9.17) is 5.26 Å². The van der Waals surface area contributed by atoms with Gasteiger partial charge in [0.25, 0.3) is 0 Å². The molecule has 19 heavy (non-hydrogen) atoms. The molecule has 1 aliphatic heterocycles. The Labute approximate surface area is 113 Å². The van der Waals surface area contributed by atoms with Gasteiger partial charge in [0.15, 0.2) is 5.78 Å². The summed E-state index contributed by atoms with van der Waals surface area (Å²) in [4.78, 5) is 14.4. The van der Waals surface area contributed by atoms with Crippen LogP contribution >= 0.6 is 0 Å². The van der Waals surface area contributed by atoms with E-state index in [1.165, 1.54) is 11.1 Å². The molecule has 0 saturated carbocycles.